The summed E-state index contributed by atoms with van der Waals surface area (Å²) in [5.41, 5.74) is 7.40. The van der Waals surface area contributed by atoms with Crippen molar-refractivity contribution in [3.05, 3.63) is 83.9 Å². The van der Waals surface area contributed by atoms with E-state index in [1.165, 1.54) is 28.9 Å². The Morgan fingerprint density at radius 2 is 1.74 bits per heavy atom. The van der Waals surface area contributed by atoms with Crippen LogP contribution in [0.5, 0.6) is 0 Å². The van der Waals surface area contributed by atoms with Gasteiger partial charge in [-0.1, -0.05) is 68.4 Å². The molecule has 6 rings (SSSR count). The molecule has 2 aliphatic rings. The topological polar surface area (TPSA) is 57.2 Å². The van der Waals surface area contributed by atoms with E-state index in [2.05, 4.69) is 112 Å². The van der Waals surface area contributed by atoms with Gasteiger partial charge in [-0.05, 0) is 60.9 Å². The second kappa shape index (κ2) is 11.8. The number of rotatable bonds is 9. The summed E-state index contributed by atoms with van der Waals surface area (Å²) >= 11 is 0. The minimum atomic E-state index is 0.416. The number of nitrogens with zero attached hydrogens (tertiary/aromatic N) is 3. The lowest BCUT2D eigenvalue weighted by Gasteiger charge is -2.36. The van der Waals surface area contributed by atoms with Crippen LogP contribution in [0, 0.1) is 5.92 Å². The fourth-order valence-corrected chi connectivity index (χ4v) is 6.12. The quantitative estimate of drug-likeness (QED) is 0.249. The van der Waals surface area contributed by atoms with Gasteiger partial charge in [0.1, 0.15) is 0 Å². The average Bonchev–Trinajstić information content (AvgIpc) is 3.33. The number of likely N-dealkylation sites (tertiary alicyclic amines) is 1. The van der Waals surface area contributed by atoms with Crippen molar-refractivity contribution in [1.82, 2.24) is 19.8 Å². The van der Waals surface area contributed by atoms with Gasteiger partial charge < -0.3 is 20.9 Å². The highest BCUT2D eigenvalue weighted by molar-refractivity contribution is 5.84. The SMILES string of the molecule is CC(C)C(CN1CCC(Nc2nc3ccccc3n2-c2cccc3c2NCCC3)CC1)NCc1ccccc1. The second-order valence-corrected chi connectivity index (χ2v) is 11.5. The summed E-state index contributed by atoms with van der Waals surface area (Å²) in [4.78, 5) is 7.72. The van der Waals surface area contributed by atoms with E-state index in [4.69, 9.17) is 4.98 Å². The number of benzene rings is 3. The van der Waals surface area contributed by atoms with Crippen LogP contribution in [0.3, 0.4) is 0 Å². The minimum Gasteiger partial charge on any atom is -0.383 e. The van der Waals surface area contributed by atoms with Crippen molar-refractivity contribution < 1.29 is 0 Å². The Hall–Kier alpha value is -3.35. The van der Waals surface area contributed by atoms with Crippen LogP contribution in [0.2, 0.25) is 0 Å². The first-order valence-corrected chi connectivity index (χ1v) is 14.8. The van der Waals surface area contributed by atoms with Crippen molar-refractivity contribution in [2.45, 2.75) is 58.2 Å². The summed E-state index contributed by atoms with van der Waals surface area (Å²) in [5, 5.41) is 11.4. The molecule has 1 aromatic heterocycles. The smallest absolute Gasteiger partial charge is 0.208 e. The van der Waals surface area contributed by atoms with Gasteiger partial charge in [0, 0.05) is 44.8 Å². The molecule has 1 fully saturated rings. The van der Waals surface area contributed by atoms with Gasteiger partial charge in [0.05, 0.1) is 22.4 Å². The molecule has 1 saturated heterocycles. The lowest BCUT2D eigenvalue weighted by Crippen LogP contribution is -2.48. The van der Waals surface area contributed by atoms with E-state index in [1.807, 2.05) is 0 Å². The second-order valence-electron chi connectivity index (χ2n) is 11.5. The van der Waals surface area contributed by atoms with E-state index in [1.54, 1.807) is 0 Å². The molecule has 0 bridgehead atoms. The maximum absolute atomic E-state index is 5.08. The summed E-state index contributed by atoms with van der Waals surface area (Å²) in [6, 6.07) is 26.8. The van der Waals surface area contributed by atoms with Crippen LogP contribution in [0.15, 0.2) is 72.8 Å². The molecule has 3 N–H and O–H groups in total. The molecule has 6 heteroatoms. The van der Waals surface area contributed by atoms with Crippen molar-refractivity contribution in [3.8, 4) is 5.69 Å². The number of nitrogens with one attached hydrogen (secondary N) is 3. The van der Waals surface area contributed by atoms with E-state index in [0.717, 1.165) is 69.0 Å². The minimum absolute atomic E-state index is 0.416. The van der Waals surface area contributed by atoms with E-state index in [0.29, 0.717) is 18.0 Å². The fraction of sp³-hybridized carbons (Fsp3) is 0.424. The monoisotopic (exact) mass is 522 g/mol. The molecule has 6 nitrogen and oxygen atoms in total. The lowest BCUT2D eigenvalue weighted by atomic mass is 10.00. The number of aromatic nitrogens is 2. The van der Waals surface area contributed by atoms with Crippen LogP contribution >= 0.6 is 0 Å². The molecule has 3 heterocycles. The number of imidazole rings is 1. The third-order valence-electron chi connectivity index (χ3n) is 8.45. The number of anilines is 2. The Labute approximate surface area is 232 Å². The molecule has 0 aliphatic carbocycles. The van der Waals surface area contributed by atoms with Gasteiger partial charge in [-0.3, -0.25) is 4.57 Å². The molecular formula is C33H42N6. The van der Waals surface area contributed by atoms with Crippen LogP contribution < -0.4 is 16.0 Å². The number of hydrogen-bond acceptors (Lipinski definition) is 5. The number of aryl methyl sites for hydroxylation is 1. The Balaban J connectivity index is 1.14. The van der Waals surface area contributed by atoms with Gasteiger partial charge in [-0.15, -0.1) is 0 Å². The van der Waals surface area contributed by atoms with E-state index >= 15 is 0 Å². The number of para-hydroxylation sites is 3. The molecule has 1 unspecified atom stereocenters. The third-order valence-corrected chi connectivity index (χ3v) is 8.45. The first-order valence-electron chi connectivity index (χ1n) is 14.8. The average molecular weight is 523 g/mol. The zero-order valence-electron chi connectivity index (χ0n) is 23.4. The molecule has 2 aliphatic heterocycles. The Kier molecular flexibility index (Phi) is 7.84. The van der Waals surface area contributed by atoms with E-state index in [9.17, 15) is 0 Å². The van der Waals surface area contributed by atoms with E-state index < -0.39 is 0 Å². The first kappa shape index (κ1) is 25.9. The molecule has 4 aromatic rings. The number of piperidine rings is 1. The highest BCUT2D eigenvalue weighted by Gasteiger charge is 2.25. The van der Waals surface area contributed by atoms with Gasteiger partial charge >= 0.3 is 0 Å². The van der Waals surface area contributed by atoms with Crippen molar-refractivity contribution in [2.24, 2.45) is 5.92 Å². The predicted molar refractivity (Wildman–Crippen MR) is 163 cm³/mol. The number of hydrogen-bond donors (Lipinski definition) is 3. The van der Waals surface area contributed by atoms with Crippen LogP contribution in [-0.2, 0) is 13.0 Å². The molecule has 0 spiro atoms. The summed E-state index contributed by atoms with van der Waals surface area (Å²) in [6.07, 6.45) is 4.56. The molecular weight excluding hydrogens is 480 g/mol. The standard InChI is InChI=1S/C33H42N6/c1-24(2)29(35-22-25-10-4-3-5-11-25)23-38-20-17-27(18-21-38)36-33-37-28-14-6-7-15-30(28)39(33)31-16-8-12-26-13-9-19-34-32(26)31/h3-8,10-12,14-16,24,27,29,34-35H,9,13,17-23H2,1-2H3,(H,36,37). The summed E-state index contributed by atoms with van der Waals surface area (Å²) in [6.45, 7) is 9.92. The summed E-state index contributed by atoms with van der Waals surface area (Å²) < 4.78 is 2.33. The van der Waals surface area contributed by atoms with Crippen molar-refractivity contribution in [1.29, 1.82) is 0 Å². The van der Waals surface area contributed by atoms with Crippen LogP contribution in [0.1, 0.15) is 44.2 Å². The van der Waals surface area contributed by atoms with Crippen LogP contribution in [0.25, 0.3) is 16.7 Å². The van der Waals surface area contributed by atoms with Gasteiger partial charge in [0.2, 0.25) is 5.95 Å². The Bertz CT molecular complexity index is 1370. The molecule has 39 heavy (non-hydrogen) atoms. The predicted octanol–water partition coefficient (Wildman–Crippen LogP) is 6.07. The summed E-state index contributed by atoms with van der Waals surface area (Å²) in [5.74, 6) is 1.55. The normalized spacial score (nSPS) is 17.2. The van der Waals surface area contributed by atoms with Crippen LogP contribution in [-0.4, -0.2) is 52.7 Å². The molecule has 0 saturated carbocycles. The first-order chi connectivity index (χ1) is 19.2. The maximum atomic E-state index is 5.08. The highest BCUT2D eigenvalue weighted by atomic mass is 15.2. The van der Waals surface area contributed by atoms with E-state index in [-0.39, 0.29) is 0 Å². The van der Waals surface area contributed by atoms with Crippen molar-refractivity contribution >= 4 is 22.7 Å². The zero-order valence-corrected chi connectivity index (χ0v) is 23.4. The largest absolute Gasteiger partial charge is 0.383 e. The van der Waals surface area contributed by atoms with Gasteiger partial charge in [-0.2, -0.15) is 0 Å². The van der Waals surface area contributed by atoms with Gasteiger partial charge in [0.25, 0.3) is 0 Å². The fourth-order valence-electron chi connectivity index (χ4n) is 6.12. The highest BCUT2D eigenvalue weighted by Crippen LogP contribution is 2.34. The number of fused-ring (bicyclic) bond motifs is 2. The van der Waals surface area contributed by atoms with Gasteiger partial charge in [-0.25, -0.2) is 4.98 Å². The lowest BCUT2D eigenvalue weighted by molar-refractivity contribution is 0.180. The molecule has 3 aromatic carbocycles. The molecule has 0 radical (unpaired) electrons. The van der Waals surface area contributed by atoms with Crippen molar-refractivity contribution in [3.63, 3.8) is 0 Å². The summed E-state index contributed by atoms with van der Waals surface area (Å²) in [7, 11) is 0. The Morgan fingerprint density at radius 3 is 2.56 bits per heavy atom. The zero-order chi connectivity index (χ0) is 26.6. The molecule has 204 valence electrons. The maximum Gasteiger partial charge on any atom is 0.208 e. The van der Waals surface area contributed by atoms with Crippen molar-refractivity contribution in [2.75, 3.05) is 36.8 Å². The third kappa shape index (κ3) is 5.82. The Morgan fingerprint density at radius 1 is 0.949 bits per heavy atom. The van der Waals surface area contributed by atoms with Crippen LogP contribution in [0.4, 0.5) is 11.6 Å². The van der Waals surface area contributed by atoms with Gasteiger partial charge in [0.15, 0.2) is 0 Å². The molecule has 0 amide bonds. The molecule has 1 atom stereocenters.